The zero-order valence-electron chi connectivity index (χ0n) is 11.4. The minimum absolute atomic E-state index is 0.844. The molecule has 0 unspecified atom stereocenters. The van der Waals surface area contributed by atoms with Crippen LogP contribution in [0.5, 0.6) is 0 Å². The van der Waals surface area contributed by atoms with Crippen molar-refractivity contribution in [1.82, 2.24) is 9.97 Å². The van der Waals surface area contributed by atoms with Crippen molar-refractivity contribution < 1.29 is 0 Å². The van der Waals surface area contributed by atoms with E-state index in [-0.39, 0.29) is 0 Å². The number of nitrogens with zero attached hydrogens (tertiary/aromatic N) is 2. The quantitative estimate of drug-likeness (QED) is 0.705. The Morgan fingerprint density at radius 2 is 1.67 bits per heavy atom. The van der Waals surface area contributed by atoms with Crippen molar-refractivity contribution in [2.24, 2.45) is 0 Å². The normalized spacial score (nSPS) is 8.67. The van der Waals surface area contributed by atoms with Crippen LogP contribution in [0.4, 0.5) is 0 Å². The number of aryl methyl sites for hydroxylation is 1. The summed E-state index contributed by atoms with van der Waals surface area (Å²) in [6.45, 7) is 7.84. The molecule has 0 atom stereocenters. The summed E-state index contributed by atoms with van der Waals surface area (Å²) in [6.07, 6.45) is 3.53. The fourth-order valence-electron chi connectivity index (χ4n) is 1.46. The third-order valence-electron chi connectivity index (χ3n) is 2.32. The molecule has 0 aliphatic carbocycles. The number of aromatic nitrogens is 2. The van der Waals surface area contributed by atoms with Gasteiger partial charge in [-0.25, -0.2) is 4.98 Å². The minimum atomic E-state index is 0.844. The van der Waals surface area contributed by atoms with Crippen LogP contribution in [0.25, 0.3) is 11.3 Å². The van der Waals surface area contributed by atoms with Gasteiger partial charge in [-0.3, -0.25) is 4.98 Å². The number of hydrogen-bond donors (Lipinski definition) is 0. The molecule has 0 spiro atoms. The molecule has 0 saturated heterocycles. The lowest BCUT2D eigenvalue weighted by Crippen LogP contribution is -1.91. The predicted molar refractivity (Wildman–Crippen MR) is 76.1 cm³/mol. The van der Waals surface area contributed by atoms with Crippen molar-refractivity contribution >= 4 is 0 Å². The predicted octanol–water partition coefficient (Wildman–Crippen LogP) is 3.85. The average Bonchev–Trinajstić information content (AvgIpc) is 2.45. The van der Waals surface area contributed by atoms with Crippen LogP contribution in [0.2, 0.25) is 0 Å². The van der Waals surface area contributed by atoms with E-state index < -0.39 is 0 Å². The van der Waals surface area contributed by atoms with Gasteiger partial charge in [0.05, 0.1) is 5.69 Å². The molecule has 18 heavy (non-hydrogen) atoms. The van der Waals surface area contributed by atoms with E-state index in [4.69, 9.17) is 0 Å². The molecular formula is C16H18N2. The molecule has 0 fully saturated rings. The largest absolute Gasteiger partial charge is 0.265 e. The van der Waals surface area contributed by atoms with Gasteiger partial charge < -0.3 is 0 Å². The van der Waals surface area contributed by atoms with Crippen LogP contribution in [0.15, 0.2) is 36.7 Å². The molecule has 2 nitrogen and oxygen atoms in total. The number of pyridine rings is 2. The van der Waals surface area contributed by atoms with Crippen LogP contribution >= 0.6 is 0 Å². The zero-order valence-corrected chi connectivity index (χ0v) is 11.4. The second-order valence-corrected chi connectivity index (χ2v) is 3.47. The van der Waals surface area contributed by atoms with Gasteiger partial charge in [0.2, 0.25) is 0 Å². The highest BCUT2D eigenvalue weighted by Crippen LogP contribution is 2.17. The Morgan fingerprint density at radius 1 is 1.00 bits per heavy atom. The monoisotopic (exact) mass is 238 g/mol. The summed E-state index contributed by atoms with van der Waals surface area (Å²) in [7, 11) is 0. The first-order valence-corrected chi connectivity index (χ1v) is 6.12. The highest BCUT2D eigenvalue weighted by atomic mass is 14.7. The average molecular weight is 238 g/mol. The first kappa shape index (κ1) is 13.9. The molecule has 0 aromatic carbocycles. The zero-order chi connectivity index (χ0) is 13.4. The Morgan fingerprint density at radius 3 is 2.28 bits per heavy atom. The molecule has 2 aromatic rings. The molecule has 2 heterocycles. The van der Waals surface area contributed by atoms with Crippen molar-refractivity contribution in [3.8, 4) is 23.1 Å². The summed E-state index contributed by atoms with van der Waals surface area (Å²) in [4.78, 5) is 8.52. The first-order valence-electron chi connectivity index (χ1n) is 6.12. The molecule has 2 heteroatoms. The molecule has 92 valence electrons. The smallest absolute Gasteiger partial charge is 0.116 e. The molecule has 0 amide bonds. The summed E-state index contributed by atoms with van der Waals surface area (Å²) in [5.41, 5.74) is 3.95. The fraction of sp³-hybridized carbons (Fsp3) is 0.250. The molecule has 0 radical (unpaired) electrons. The van der Waals surface area contributed by atoms with E-state index in [0.29, 0.717) is 0 Å². The topological polar surface area (TPSA) is 25.8 Å². The SMILES string of the molecule is CC.CC#Cc1nc(-c2ccncc2)ccc1C. The molecule has 0 aliphatic rings. The van der Waals surface area contributed by atoms with Crippen molar-refractivity contribution in [2.75, 3.05) is 0 Å². The highest BCUT2D eigenvalue weighted by molar-refractivity contribution is 5.59. The van der Waals surface area contributed by atoms with Crippen LogP contribution in [-0.2, 0) is 0 Å². The standard InChI is InChI=1S/C14H12N2.C2H6/c1-3-4-13-11(2)5-6-14(16-13)12-7-9-15-10-8-12;1-2/h5-10H,1-2H3;1-2H3. The van der Waals surface area contributed by atoms with Gasteiger partial charge in [-0.05, 0) is 43.5 Å². The second-order valence-electron chi connectivity index (χ2n) is 3.47. The van der Waals surface area contributed by atoms with Crippen LogP contribution in [0.1, 0.15) is 32.0 Å². The maximum absolute atomic E-state index is 4.53. The lowest BCUT2D eigenvalue weighted by Gasteiger charge is -2.03. The minimum Gasteiger partial charge on any atom is -0.265 e. The van der Waals surface area contributed by atoms with Gasteiger partial charge in [-0.1, -0.05) is 25.8 Å². The van der Waals surface area contributed by atoms with Crippen molar-refractivity contribution in [2.45, 2.75) is 27.7 Å². The van der Waals surface area contributed by atoms with Gasteiger partial charge in [0.15, 0.2) is 0 Å². The van der Waals surface area contributed by atoms with E-state index >= 15 is 0 Å². The van der Waals surface area contributed by atoms with E-state index in [1.165, 1.54) is 0 Å². The number of rotatable bonds is 1. The van der Waals surface area contributed by atoms with E-state index in [1.54, 1.807) is 12.4 Å². The maximum atomic E-state index is 4.53. The lowest BCUT2D eigenvalue weighted by molar-refractivity contribution is 1.22. The Hall–Kier alpha value is -2.14. The summed E-state index contributed by atoms with van der Waals surface area (Å²) < 4.78 is 0. The fourth-order valence-corrected chi connectivity index (χ4v) is 1.46. The molecule has 0 aliphatic heterocycles. The summed E-state index contributed by atoms with van der Waals surface area (Å²) >= 11 is 0. The van der Waals surface area contributed by atoms with Gasteiger partial charge in [-0.15, -0.1) is 0 Å². The van der Waals surface area contributed by atoms with Crippen LogP contribution in [-0.4, -0.2) is 9.97 Å². The third kappa shape index (κ3) is 3.43. The highest BCUT2D eigenvalue weighted by Gasteiger charge is 2.01. The molecular weight excluding hydrogens is 220 g/mol. The Bertz CT molecular complexity index is 548. The molecule has 0 N–H and O–H groups in total. The third-order valence-corrected chi connectivity index (χ3v) is 2.32. The van der Waals surface area contributed by atoms with Gasteiger partial charge in [0, 0.05) is 18.0 Å². The van der Waals surface area contributed by atoms with Gasteiger partial charge in [0.1, 0.15) is 5.69 Å². The van der Waals surface area contributed by atoms with Crippen molar-refractivity contribution in [3.63, 3.8) is 0 Å². The Balaban J connectivity index is 0.000000771. The van der Waals surface area contributed by atoms with Gasteiger partial charge >= 0.3 is 0 Å². The van der Waals surface area contributed by atoms with E-state index in [2.05, 4.69) is 21.8 Å². The lowest BCUT2D eigenvalue weighted by atomic mass is 10.1. The van der Waals surface area contributed by atoms with E-state index in [1.807, 2.05) is 52.0 Å². The summed E-state index contributed by atoms with van der Waals surface area (Å²) in [5.74, 6) is 5.89. The van der Waals surface area contributed by atoms with Crippen molar-refractivity contribution in [3.05, 3.63) is 47.9 Å². The Kier molecular flexibility index (Phi) is 5.60. The molecule has 2 rings (SSSR count). The second kappa shape index (κ2) is 7.24. The molecule has 0 bridgehead atoms. The van der Waals surface area contributed by atoms with Crippen molar-refractivity contribution in [1.29, 1.82) is 0 Å². The van der Waals surface area contributed by atoms with Crippen LogP contribution in [0, 0.1) is 18.8 Å². The van der Waals surface area contributed by atoms with Gasteiger partial charge in [0.25, 0.3) is 0 Å². The van der Waals surface area contributed by atoms with Gasteiger partial charge in [-0.2, -0.15) is 0 Å². The number of hydrogen-bond acceptors (Lipinski definition) is 2. The summed E-state index contributed by atoms with van der Waals surface area (Å²) in [6, 6.07) is 7.94. The van der Waals surface area contributed by atoms with Crippen LogP contribution in [0.3, 0.4) is 0 Å². The Labute approximate surface area is 109 Å². The van der Waals surface area contributed by atoms with Crippen LogP contribution < -0.4 is 0 Å². The molecule has 2 aromatic heterocycles. The van der Waals surface area contributed by atoms with E-state index in [0.717, 1.165) is 22.5 Å². The molecule has 0 saturated carbocycles. The summed E-state index contributed by atoms with van der Waals surface area (Å²) in [5, 5.41) is 0. The van der Waals surface area contributed by atoms with E-state index in [9.17, 15) is 0 Å². The maximum Gasteiger partial charge on any atom is 0.116 e. The first-order chi connectivity index (χ1) is 8.81.